The summed E-state index contributed by atoms with van der Waals surface area (Å²) in [5, 5.41) is 5.85. The molecule has 3 rings (SSSR count). The number of rotatable bonds is 2. The molecule has 1 fully saturated rings. The molecule has 0 bridgehead atoms. The first-order valence-electron chi connectivity index (χ1n) is 8.06. The maximum absolute atomic E-state index is 12.5. The topological polar surface area (TPSA) is 61.4 Å². The van der Waals surface area contributed by atoms with E-state index in [1.54, 1.807) is 7.05 Å². The Morgan fingerprint density at radius 1 is 1.14 bits per heavy atom. The number of amides is 3. The molecule has 3 amide bonds. The van der Waals surface area contributed by atoms with E-state index in [9.17, 15) is 9.59 Å². The largest absolute Gasteiger partial charge is 0.359 e. The van der Waals surface area contributed by atoms with Gasteiger partial charge in [-0.2, -0.15) is 0 Å². The van der Waals surface area contributed by atoms with E-state index in [4.69, 9.17) is 0 Å². The van der Waals surface area contributed by atoms with Gasteiger partial charge in [0.1, 0.15) is 0 Å². The monoisotopic (exact) mass is 301 g/mol. The summed E-state index contributed by atoms with van der Waals surface area (Å²) in [6.07, 6.45) is 4.37. The highest BCUT2D eigenvalue weighted by molar-refractivity contribution is 5.94. The van der Waals surface area contributed by atoms with Gasteiger partial charge >= 0.3 is 6.03 Å². The van der Waals surface area contributed by atoms with Crippen molar-refractivity contribution in [2.24, 2.45) is 5.92 Å². The van der Waals surface area contributed by atoms with Crippen LogP contribution in [0.15, 0.2) is 24.3 Å². The summed E-state index contributed by atoms with van der Waals surface area (Å²) in [6.45, 7) is 0.749. The number of carbonyl (C=O) groups is 2. The van der Waals surface area contributed by atoms with E-state index >= 15 is 0 Å². The number of hydrogen-bond acceptors (Lipinski definition) is 2. The van der Waals surface area contributed by atoms with Crippen LogP contribution in [-0.2, 0) is 11.2 Å². The molecule has 1 aliphatic carbocycles. The first kappa shape index (κ1) is 14.9. The van der Waals surface area contributed by atoms with E-state index in [2.05, 4.69) is 16.7 Å². The van der Waals surface area contributed by atoms with Crippen LogP contribution in [-0.4, -0.2) is 31.6 Å². The van der Waals surface area contributed by atoms with Gasteiger partial charge in [-0.05, 0) is 43.7 Å². The fraction of sp³-hybridized carbons (Fsp3) is 0.529. The highest BCUT2D eigenvalue weighted by atomic mass is 16.2. The molecular weight excluding hydrogens is 278 g/mol. The van der Waals surface area contributed by atoms with Crippen molar-refractivity contribution >= 4 is 17.6 Å². The summed E-state index contributed by atoms with van der Waals surface area (Å²) in [4.78, 5) is 26.0. The van der Waals surface area contributed by atoms with Gasteiger partial charge in [0.15, 0.2) is 0 Å². The fourth-order valence-corrected chi connectivity index (χ4v) is 3.51. The standard InChI is InChI=1S/C17H23N3O2/c1-18-16(21)13-6-8-14(9-7-13)19-17(22)20-11-10-12-4-2-3-5-15(12)20/h2-5,13-14H,6-11H2,1H3,(H,18,21)(H,19,22). The normalized spacial score (nSPS) is 23.8. The van der Waals surface area contributed by atoms with E-state index in [0.717, 1.165) is 44.3 Å². The lowest BCUT2D eigenvalue weighted by Crippen LogP contribution is -2.46. The zero-order valence-corrected chi connectivity index (χ0v) is 13.0. The summed E-state index contributed by atoms with van der Waals surface area (Å²) < 4.78 is 0. The Labute approximate surface area is 131 Å². The number of urea groups is 1. The molecule has 2 aliphatic rings. The molecule has 1 saturated carbocycles. The Kier molecular flexibility index (Phi) is 4.32. The van der Waals surface area contributed by atoms with Gasteiger partial charge < -0.3 is 10.6 Å². The minimum atomic E-state index is -0.00616. The molecule has 5 nitrogen and oxygen atoms in total. The van der Waals surface area contributed by atoms with Gasteiger partial charge in [-0.25, -0.2) is 4.79 Å². The van der Waals surface area contributed by atoms with Crippen molar-refractivity contribution in [1.29, 1.82) is 0 Å². The van der Waals surface area contributed by atoms with Crippen LogP contribution < -0.4 is 15.5 Å². The van der Waals surface area contributed by atoms with E-state index in [1.807, 2.05) is 23.1 Å². The van der Waals surface area contributed by atoms with Crippen molar-refractivity contribution in [1.82, 2.24) is 10.6 Å². The summed E-state index contributed by atoms with van der Waals surface area (Å²) in [5.41, 5.74) is 2.26. The number of benzene rings is 1. The Morgan fingerprint density at radius 3 is 2.59 bits per heavy atom. The summed E-state index contributed by atoms with van der Waals surface area (Å²) >= 11 is 0. The van der Waals surface area contributed by atoms with Crippen molar-refractivity contribution in [3.8, 4) is 0 Å². The van der Waals surface area contributed by atoms with E-state index in [1.165, 1.54) is 5.56 Å². The van der Waals surface area contributed by atoms with Crippen LogP contribution >= 0.6 is 0 Å². The Hall–Kier alpha value is -2.04. The Balaban J connectivity index is 1.55. The predicted octanol–water partition coefficient (Wildman–Crippen LogP) is 2.06. The number of anilines is 1. The quantitative estimate of drug-likeness (QED) is 0.878. The second-order valence-electron chi connectivity index (χ2n) is 6.14. The van der Waals surface area contributed by atoms with Gasteiger partial charge in [0.25, 0.3) is 0 Å². The van der Waals surface area contributed by atoms with Crippen LogP contribution in [0.1, 0.15) is 31.2 Å². The van der Waals surface area contributed by atoms with Crippen LogP contribution in [0, 0.1) is 5.92 Å². The number of para-hydroxylation sites is 1. The average molecular weight is 301 g/mol. The van der Waals surface area contributed by atoms with Gasteiger partial charge in [0, 0.05) is 31.2 Å². The first-order chi connectivity index (χ1) is 10.7. The van der Waals surface area contributed by atoms with E-state index in [0.29, 0.717) is 0 Å². The van der Waals surface area contributed by atoms with Crippen molar-refractivity contribution in [2.45, 2.75) is 38.1 Å². The second-order valence-corrected chi connectivity index (χ2v) is 6.14. The maximum atomic E-state index is 12.5. The van der Waals surface area contributed by atoms with Gasteiger partial charge in [-0.3, -0.25) is 9.69 Å². The molecule has 0 aromatic heterocycles. The first-order valence-corrected chi connectivity index (χ1v) is 8.06. The third-order valence-electron chi connectivity index (χ3n) is 4.80. The zero-order valence-electron chi connectivity index (χ0n) is 13.0. The van der Waals surface area contributed by atoms with Crippen LogP contribution in [0.4, 0.5) is 10.5 Å². The minimum Gasteiger partial charge on any atom is -0.359 e. The lowest BCUT2D eigenvalue weighted by Gasteiger charge is -2.29. The third kappa shape index (κ3) is 2.93. The molecule has 0 atom stereocenters. The molecule has 1 aliphatic heterocycles. The number of fused-ring (bicyclic) bond motifs is 1. The highest BCUT2D eigenvalue weighted by Gasteiger charge is 2.29. The predicted molar refractivity (Wildman–Crippen MR) is 85.8 cm³/mol. The minimum absolute atomic E-state index is 0.00616. The molecule has 2 N–H and O–H groups in total. The number of nitrogens with zero attached hydrogens (tertiary/aromatic N) is 1. The van der Waals surface area contributed by atoms with Crippen LogP contribution in [0.5, 0.6) is 0 Å². The van der Waals surface area contributed by atoms with Crippen molar-refractivity contribution < 1.29 is 9.59 Å². The van der Waals surface area contributed by atoms with Crippen molar-refractivity contribution in [3.05, 3.63) is 29.8 Å². The summed E-state index contributed by atoms with van der Waals surface area (Å²) in [5.74, 6) is 0.226. The lowest BCUT2D eigenvalue weighted by molar-refractivity contribution is -0.125. The smallest absolute Gasteiger partial charge is 0.322 e. The van der Waals surface area contributed by atoms with Gasteiger partial charge in [0.2, 0.25) is 5.91 Å². The maximum Gasteiger partial charge on any atom is 0.322 e. The molecule has 0 spiro atoms. The molecular formula is C17H23N3O2. The van der Waals surface area contributed by atoms with Crippen molar-refractivity contribution in [3.63, 3.8) is 0 Å². The molecule has 0 saturated heterocycles. The van der Waals surface area contributed by atoms with Gasteiger partial charge in [-0.15, -0.1) is 0 Å². The number of carbonyl (C=O) groups excluding carboxylic acids is 2. The fourth-order valence-electron chi connectivity index (χ4n) is 3.51. The van der Waals surface area contributed by atoms with E-state index < -0.39 is 0 Å². The Bertz CT molecular complexity index is 565. The molecule has 1 aromatic carbocycles. The van der Waals surface area contributed by atoms with Gasteiger partial charge in [0.05, 0.1) is 0 Å². The third-order valence-corrected chi connectivity index (χ3v) is 4.80. The van der Waals surface area contributed by atoms with Crippen molar-refractivity contribution in [2.75, 3.05) is 18.5 Å². The molecule has 118 valence electrons. The zero-order chi connectivity index (χ0) is 15.5. The molecule has 1 aromatic rings. The molecule has 0 radical (unpaired) electrons. The highest BCUT2D eigenvalue weighted by Crippen LogP contribution is 2.28. The molecule has 22 heavy (non-hydrogen) atoms. The summed E-state index contributed by atoms with van der Waals surface area (Å²) in [6, 6.07) is 8.25. The SMILES string of the molecule is CNC(=O)C1CCC(NC(=O)N2CCc3ccccc32)CC1. The van der Waals surface area contributed by atoms with Crippen LogP contribution in [0.3, 0.4) is 0 Å². The Morgan fingerprint density at radius 2 is 1.86 bits per heavy atom. The second kappa shape index (κ2) is 6.38. The van der Waals surface area contributed by atoms with Crippen LogP contribution in [0.25, 0.3) is 0 Å². The molecule has 0 unspecified atom stereocenters. The van der Waals surface area contributed by atoms with Crippen LogP contribution in [0.2, 0.25) is 0 Å². The van der Waals surface area contributed by atoms with E-state index in [-0.39, 0.29) is 23.9 Å². The number of nitrogens with one attached hydrogen (secondary N) is 2. The van der Waals surface area contributed by atoms with Gasteiger partial charge in [-0.1, -0.05) is 18.2 Å². The molecule has 5 heteroatoms. The summed E-state index contributed by atoms with van der Waals surface area (Å²) in [7, 11) is 1.68. The lowest BCUT2D eigenvalue weighted by atomic mass is 9.85. The average Bonchev–Trinajstić information content (AvgIpc) is 2.99. The molecule has 1 heterocycles. The number of hydrogen-bond donors (Lipinski definition) is 2.